The topological polar surface area (TPSA) is 135 Å². The number of aliphatic hydroxyl groups is 1. The lowest BCUT2D eigenvalue weighted by Gasteiger charge is -2.37. The highest BCUT2D eigenvalue weighted by atomic mass is 79.9. The van der Waals surface area contributed by atoms with E-state index in [1.807, 2.05) is 30.3 Å². The van der Waals surface area contributed by atoms with Crippen molar-refractivity contribution in [1.29, 1.82) is 0 Å². The first kappa shape index (κ1) is 38.2. The van der Waals surface area contributed by atoms with Gasteiger partial charge in [0.25, 0.3) is 5.91 Å². The molecular formula is C39H48BrN3O8. The van der Waals surface area contributed by atoms with Crippen molar-refractivity contribution in [2.75, 3.05) is 38.3 Å². The highest BCUT2D eigenvalue weighted by molar-refractivity contribution is 9.09. The van der Waals surface area contributed by atoms with Gasteiger partial charge in [0.2, 0.25) is 11.8 Å². The molecule has 2 aromatic rings. The maximum atomic E-state index is 14.8. The van der Waals surface area contributed by atoms with E-state index >= 15 is 0 Å². The molecule has 3 amide bonds. The quantitative estimate of drug-likeness (QED) is 0.0895. The van der Waals surface area contributed by atoms with E-state index in [-0.39, 0.29) is 42.8 Å². The van der Waals surface area contributed by atoms with Gasteiger partial charge >= 0.3 is 5.97 Å². The number of alkyl halides is 1. The number of carbonyl (C=O) groups is 4. The van der Waals surface area contributed by atoms with Crippen molar-refractivity contribution in [3.05, 3.63) is 85.5 Å². The Morgan fingerprint density at radius 3 is 2.49 bits per heavy atom. The molecule has 2 bridgehead atoms. The third-order valence-electron chi connectivity index (χ3n) is 10.1. The number of fused-ring (bicyclic) bond motifs is 1. The minimum atomic E-state index is -1.26. The summed E-state index contributed by atoms with van der Waals surface area (Å²) in [5, 5.41) is 12.4. The zero-order chi connectivity index (χ0) is 36.5. The van der Waals surface area contributed by atoms with E-state index in [1.54, 1.807) is 53.3 Å². The summed E-state index contributed by atoms with van der Waals surface area (Å²) in [7, 11) is 1.57. The van der Waals surface area contributed by atoms with Crippen LogP contribution in [-0.4, -0.2) is 89.7 Å². The van der Waals surface area contributed by atoms with Gasteiger partial charge in [-0.1, -0.05) is 71.3 Å². The Hall–Kier alpha value is -4.00. The number of allylic oxidation sites excluding steroid dienone is 1. The minimum absolute atomic E-state index is 0.0873. The van der Waals surface area contributed by atoms with E-state index in [0.29, 0.717) is 43.7 Å². The van der Waals surface area contributed by atoms with Crippen LogP contribution >= 0.6 is 15.9 Å². The number of hydrogen-bond donors (Lipinski definition) is 2. The first-order chi connectivity index (χ1) is 24.7. The molecule has 5 rings (SSSR count). The normalized spacial score (nSPS) is 25.2. The number of hydrogen-bond acceptors (Lipinski definition) is 8. The van der Waals surface area contributed by atoms with Gasteiger partial charge in [0.15, 0.2) is 0 Å². The van der Waals surface area contributed by atoms with Crippen LogP contribution in [0.25, 0.3) is 0 Å². The number of aliphatic hydroxyl groups excluding tert-OH is 1. The molecule has 12 heteroatoms. The molecule has 3 fully saturated rings. The molecule has 3 aliphatic heterocycles. The Morgan fingerprint density at radius 1 is 1.10 bits per heavy atom. The zero-order valence-electron chi connectivity index (χ0n) is 29.1. The van der Waals surface area contributed by atoms with Crippen LogP contribution in [0.5, 0.6) is 5.75 Å². The molecule has 3 aliphatic rings. The number of amides is 3. The Morgan fingerprint density at radius 2 is 1.82 bits per heavy atom. The molecule has 0 aliphatic carbocycles. The standard InChI is InChI=1S/C39H48BrN3O8/c1-4-6-16-31(45)50-25-30(26-14-10-9-11-15-26)41-36(46)32-33-37(47)43(22-12-7-8-13-23-44)35(39(33)24-29(40)34(32)51-39)38(48)42(21-5-2)27-17-19-28(49-3)20-18-27/h4-5,9-11,14-15,17-20,29-30,32-35,44H,1-2,6-8,12-13,16,21-25H2,3H3,(H,41,46)/t29?,30-,32-,33+,34-,35-,39+/m1/s1. The second kappa shape index (κ2) is 17.5. The van der Waals surface area contributed by atoms with Gasteiger partial charge in [-0.3, -0.25) is 19.2 Å². The second-order valence-electron chi connectivity index (χ2n) is 13.3. The number of rotatable bonds is 19. The van der Waals surface area contributed by atoms with Gasteiger partial charge in [0, 0.05) is 36.6 Å². The third kappa shape index (κ3) is 8.08. The summed E-state index contributed by atoms with van der Waals surface area (Å²) in [5.41, 5.74) is 0.0960. The average Bonchev–Trinajstić information content (AvgIpc) is 3.74. The zero-order valence-corrected chi connectivity index (χ0v) is 30.7. The number of halogens is 1. The van der Waals surface area contributed by atoms with Crippen LogP contribution in [0.1, 0.15) is 56.6 Å². The number of nitrogens with one attached hydrogen (secondary N) is 1. The van der Waals surface area contributed by atoms with Gasteiger partial charge in [-0.2, -0.15) is 0 Å². The van der Waals surface area contributed by atoms with Crippen LogP contribution in [0.3, 0.4) is 0 Å². The van der Waals surface area contributed by atoms with Crippen molar-refractivity contribution in [3.8, 4) is 5.75 Å². The first-order valence-corrected chi connectivity index (χ1v) is 18.5. The van der Waals surface area contributed by atoms with E-state index < -0.39 is 47.5 Å². The van der Waals surface area contributed by atoms with Crippen LogP contribution in [-0.2, 0) is 28.7 Å². The molecule has 51 heavy (non-hydrogen) atoms. The van der Waals surface area contributed by atoms with Crippen molar-refractivity contribution >= 4 is 45.3 Å². The van der Waals surface area contributed by atoms with Crippen LogP contribution in [0, 0.1) is 11.8 Å². The van der Waals surface area contributed by atoms with Gasteiger partial charge in [-0.15, -0.1) is 13.2 Å². The van der Waals surface area contributed by atoms with Gasteiger partial charge < -0.3 is 34.4 Å². The lowest BCUT2D eigenvalue weighted by molar-refractivity contribution is -0.145. The summed E-state index contributed by atoms with van der Waals surface area (Å²) >= 11 is 3.76. The predicted octanol–water partition coefficient (Wildman–Crippen LogP) is 4.88. The fourth-order valence-corrected chi connectivity index (χ4v) is 8.64. The number of benzene rings is 2. The Labute approximate surface area is 308 Å². The minimum Gasteiger partial charge on any atom is -0.497 e. The fourth-order valence-electron chi connectivity index (χ4n) is 7.70. The largest absolute Gasteiger partial charge is 0.497 e. The monoisotopic (exact) mass is 765 g/mol. The molecule has 274 valence electrons. The van der Waals surface area contributed by atoms with Crippen LogP contribution in [0.2, 0.25) is 0 Å². The van der Waals surface area contributed by atoms with Gasteiger partial charge in [-0.25, -0.2) is 0 Å². The molecule has 3 heterocycles. The summed E-state index contributed by atoms with van der Waals surface area (Å²) in [4.78, 5) is 59.2. The number of ether oxygens (including phenoxy) is 3. The highest BCUT2D eigenvalue weighted by Gasteiger charge is 2.76. The number of carbonyl (C=O) groups excluding carboxylic acids is 4. The molecule has 1 unspecified atom stereocenters. The Balaban J connectivity index is 1.47. The lowest BCUT2D eigenvalue weighted by Crippen LogP contribution is -2.57. The Bertz CT molecular complexity index is 1560. The molecular weight excluding hydrogens is 718 g/mol. The fraction of sp³-hybridized carbons (Fsp3) is 0.487. The molecule has 7 atom stereocenters. The summed E-state index contributed by atoms with van der Waals surface area (Å²) < 4.78 is 17.6. The van der Waals surface area contributed by atoms with E-state index in [4.69, 9.17) is 14.2 Å². The summed E-state index contributed by atoms with van der Waals surface area (Å²) in [5.74, 6) is -2.60. The maximum Gasteiger partial charge on any atom is 0.306 e. The molecule has 3 saturated heterocycles. The van der Waals surface area contributed by atoms with Crippen LogP contribution in [0.4, 0.5) is 5.69 Å². The average molecular weight is 767 g/mol. The molecule has 2 N–H and O–H groups in total. The van der Waals surface area contributed by atoms with Crippen molar-refractivity contribution in [3.63, 3.8) is 0 Å². The lowest BCUT2D eigenvalue weighted by atomic mass is 9.70. The van der Waals surface area contributed by atoms with Gasteiger partial charge in [0.1, 0.15) is 24.0 Å². The Kier molecular flexibility index (Phi) is 13.1. The predicted molar refractivity (Wildman–Crippen MR) is 196 cm³/mol. The van der Waals surface area contributed by atoms with Crippen molar-refractivity contribution in [2.45, 2.75) is 73.6 Å². The highest BCUT2D eigenvalue weighted by Crippen LogP contribution is 2.60. The molecule has 1 spiro atoms. The number of methoxy groups -OCH3 is 1. The van der Waals surface area contributed by atoms with Crippen LogP contribution < -0.4 is 15.0 Å². The number of unbranched alkanes of at least 4 members (excludes halogenated alkanes) is 3. The first-order valence-electron chi connectivity index (χ1n) is 17.6. The van der Waals surface area contributed by atoms with Crippen molar-refractivity contribution in [1.82, 2.24) is 10.2 Å². The number of anilines is 1. The maximum absolute atomic E-state index is 14.8. The summed E-state index contributed by atoms with van der Waals surface area (Å²) in [6, 6.07) is 14.7. The summed E-state index contributed by atoms with van der Waals surface area (Å²) in [6.07, 6.45) is 6.44. The molecule has 0 aromatic heterocycles. The molecule has 0 saturated carbocycles. The smallest absolute Gasteiger partial charge is 0.306 e. The van der Waals surface area contributed by atoms with Gasteiger partial charge in [-0.05, 0) is 55.5 Å². The summed E-state index contributed by atoms with van der Waals surface area (Å²) in [6.45, 7) is 8.02. The molecule has 11 nitrogen and oxygen atoms in total. The van der Waals surface area contributed by atoms with E-state index in [2.05, 4.69) is 34.4 Å². The van der Waals surface area contributed by atoms with Gasteiger partial charge in [0.05, 0.1) is 31.1 Å². The molecule has 0 radical (unpaired) electrons. The van der Waals surface area contributed by atoms with Crippen LogP contribution in [0.15, 0.2) is 79.9 Å². The third-order valence-corrected chi connectivity index (χ3v) is 10.9. The van der Waals surface area contributed by atoms with Crippen molar-refractivity contribution in [2.24, 2.45) is 11.8 Å². The van der Waals surface area contributed by atoms with E-state index in [0.717, 1.165) is 18.4 Å². The second-order valence-corrected chi connectivity index (χ2v) is 14.4. The number of likely N-dealkylation sites (tertiary alicyclic amines) is 1. The van der Waals surface area contributed by atoms with Crippen molar-refractivity contribution < 1.29 is 38.5 Å². The van der Waals surface area contributed by atoms with E-state index in [9.17, 15) is 24.3 Å². The number of nitrogens with zero attached hydrogens (tertiary/aromatic N) is 2. The number of esters is 1. The molecule has 2 aromatic carbocycles. The van der Waals surface area contributed by atoms with E-state index in [1.165, 1.54) is 0 Å². The SMILES string of the molecule is C=CCCC(=O)OC[C@@H](NC(=O)[C@H]1[C@@H]2O[C@@]3(CC2Br)[C@@H]1C(=O)N(CCCCCCO)[C@@H]3C(=O)N(CC=C)c1ccc(OC)cc1)c1ccccc1.